The van der Waals surface area contributed by atoms with Gasteiger partial charge in [-0.25, -0.2) is 9.59 Å². The van der Waals surface area contributed by atoms with Crippen molar-refractivity contribution in [2.24, 2.45) is 0 Å². The molecular weight excluding hydrogens is 394 g/mol. The molecule has 29 heavy (non-hydrogen) atoms. The van der Waals surface area contributed by atoms with E-state index in [1.807, 2.05) is 12.3 Å². The second kappa shape index (κ2) is 8.90. The molecule has 0 fully saturated rings. The van der Waals surface area contributed by atoms with E-state index in [0.29, 0.717) is 29.1 Å². The Bertz CT molecular complexity index is 999. The molecule has 7 nitrogen and oxygen atoms in total. The minimum atomic E-state index is -1.07. The molecule has 0 saturated heterocycles. The van der Waals surface area contributed by atoms with Crippen LogP contribution in [0, 0.1) is 6.92 Å². The fraction of sp³-hybridized carbons (Fsp3) is 0.476. The third-order valence-electron chi connectivity index (χ3n) is 5.24. The molecule has 1 aromatic heterocycles. The molecule has 1 amide bonds. The Morgan fingerprint density at radius 2 is 2.03 bits per heavy atom. The number of thioether (sulfide) groups is 1. The molecule has 3 rings (SSSR count). The Kier molecular flexibility index (Phi) is 6.52. The normalized spacial score (nSPS) is 15.0. The number of aliphatic carboxylic acids is 1. The number of carboxylic acids is 1. The van der Waals surface area contributed by atoms with Gasteiger partial charge in [-0.05, 0) is 69.2 Å². The lowest BCUT2D eigenvalue weighted by atomic mass is 10.0. The second-order valence-electron chi connectivity index (χ2n) is 7.21. The third-order valence-corrected chi connectivity index (χ3v) is 5.88. The van der Waals surface area contributed by atoms with Crippen LogP contribution in [-0.2, 0) is 22.4 Å². The number of aryl methyl sites for hydroxylation is 2. The van der Waals surface area contributed by atoms with E-state index in [1.165, 1.54) is 11.8 Å². The average Bonchev–Trinajstić information content (AvgIpc) is 3.18. The van der Waals surface area contributed by atoms with E-state index in [-0.39, 0.29) is 5.63 Å². The summed E-state index contributed by atoms with van der Waals surface area (Å²) in [6.07, 6.45) is 3.84. The number of hydrogen-bond acceptors (Lipinski definition) is 6. The predicted molar refractivity (Wildman–Crippen MR) is 112 cm³/mol. The molecule has 1 heterocycles. The fourth-order valence-electron chi connectivity index (χ4n) is 3.62. The van der Waals surface area contributed by atoms with Gasteiger partial charge in [0.05, 0.1) is 0 Å². The lowest BCUT2D eigenvalue weighted by Gasteiger charge is -2.20. The van der Waals surface area contributed by atoms with E-state index < -0.39 is 24.0 Å². The van der Waals surface area contributed by atoms with Crippen LogP contribution in [0.15, 0.2) is 21.3 Å². The topological polar surface area (TPSA) is 106 Å². The molecule has 1 aromatic carbocycles. The number of amides is 1. The molecule has 1 aliphatic rings. The highest BCUT2D eigenvalue weighted by molar-refractivity contribution is 7.98. The predicted octanol–water partition coefficient (Wildman–Crippen LogP) is 2.68. The second-order valence-corrected chi connectivity index (χ2v) is 8.19. The van der Waals surface area contributed by atoms with Gasteiger partial charge >= 0.3 is 11.6 Å². The standard InChI is InChI=1S/C21H25NO6S/c1-11-17(27-12(2)19(23)22-16(20(24)25)9-10-29-3)8-7-14-13-5-4-6-15(13)21(26)28-18(11)14/h7-8,12,16H,4-6,9-10H2,1-3H3,(H,22,23)(H,24,25)/t12-,16-/m0/s1. The van der Waals surface area contributed by atoms with Crippen molar-refractivity contribution in [2.75, 3.05) is 12.0 Å². The molecule has 0 bridgehead atoms. The van der Waals surface area contributed by atoms with Crippen LogP contribution in [0.25, 0.3) is 11.0 Å². The molecule has 2 atom stereocenters. The summed E-state index contributed by atoms with van der Waals surface area (Å²) in [6, 6.07) is 2.66. The quantitative estimate of drug-likeness (QED) is 0.634. The van der Waals surface area contributed by atoms with Crippen molar-refractivity contribution in [1.82, 2.24) is 5.32 Å². The first-order valence-electron chi connectivity index (χ1n) is 9.60. The van der Waals surface area contributed by atoms with Crippen LogP contribution in [0.2, 0.25) is 0 Å². The van der Waals surface area contributed by atoms with Crippen molar-refractivity contribution in [3.8, 4) is 5.75 Å². The number of rotatable bonds is 8. The minimum absolute atomic E-state index is 0.311. The lowest BCUT2D eigenvalue weighted by molar-refractivity contribution is -0.142. The molecule has 156 valence electrons. The summed E-state index contributed by atoms with van der Waals surface area (Å²) < 4.78 is 11.3. The molecule has 0 radical (unpaired) electrons. The van der Waals surface area contributed by atoms with Gasteiger partial charge in [0.1, 0.15) is 17.4 Å². The maximum atomic E-state index is 12.4. The Morgan fingerprint density at radius 3 is 2.72 bits per heavy atom. The number of benzene rings is 1. The van der Waals surface area contributed by atoms with E-state index in [2.05, 4.69) is 5.32 Å². The summed E-state index contributed by atoms with van der Waals surface area (Å²) in [5, 5.41) is 12.7. The van der Waals surface area contributed by atoms with E-state index in [0.717, 1.165) is 35.8 Å². The first-order valence-corrected chi connectivity index (χ1v) is 11.0. The van der Waals surface area contributed by atoms with E-state index in [9.17, 15) is 19.5 Å². The van der Waals surface area contributed by atoms with Crippen LogP contribution in [-0.4, -0.2) is 41.1 Å². The maximum Gasteiger partial charge on any atom is 0.339 e. The van der Waals surface area contributed by atoms with Gasteiger partial charge in [0, 0.05) is 16.5 Å². The molecule has 2 aromatic rings. The zero-order valence-corrected chi connectivity index (χ0v) is 17.6. The van der Waals surface area contributed by atoms with Crippen LogP contribution in [0.3, 0.4) is 0 Å². The van der Waals surface area contributed by atoms with Crippen molar-refractivity contribution in [3.63, 3.8) is 0 Å². The van der Waals surface area contributed by atoms with Gasteiger partial charge in [-0.2, -0.15) is 11.8 Å². The first kappa shape index (κ1) is 21.2. The van der Waals surface area contributed by atoms with Crippen molar-refractivity contribution < 1.29 is 23.8 Å². The lowest BCUT2D eigenvalue weighted by Crippen LogP contribution is -2.46. The number of fused-ring (bicyclic) bond motifs is 3. The molecule has 0 spiro atoms. The molecule has 0 saturated carbocycles. The fourth-order valence-corrected chi connectivity index (χ4v) is 4.09. The number of carboxylic acid groups (broad SMARTS) is 1. The number of ether oxygens (including phenoxy) is 1. The highest BCUT2D eigenvalue weighted by atomic mass is 32.2. The Balaban J connectivity index is 1.80. The molecule has 2 N–H and O–H groups in total. The van der Waals surface area contributed by atoms with Crippen LogP contribution in [0.5, 0.6) is 5.75 Å². The molecule has 8 heteroatoms. The van der Waals surface area contributed by atoms with Crippen LogP contribution < -0.4 is 15.7 Å². The van der Waals surface area contributed by atoms with Crippen LogP contribution in [0.4, 0.5) is 0 Å². The first-order chi connectivity index (χ1) is 13.8. The van der Waals surface area contributed by atoms with Crippen LogP contribution in [0.1, 0.15) is 36.5 Å². The van der Waals surface area contributed by atoms with Gasteiger partial charge in [0.15, 0.2) is 6.10 Å². The van der Waals surface area contributed by atoms with Gasteiger partial charge in [-0.1, -0.05) is 0 Å². The minimum Gasteiger partial charge on any atom is -0.480 e. The summed E-state index contributed by atoms with van der Waals surface area (Å²) in [4.78, 5) is 36.0. The van der Waals surface area contributed by atoms with Crippen molar-refractivity contribution in [2.45, 2.75) is 51.7 Å². The van der Waals surface area contributed by atoms with Gasteiger partial charge in [0.2, 0.25) is 0 Å². The number of hydrogen-bond donors (Lipinski definition) is 2. The van der Waals surface area contributed by atoms with E-state index in [4.69, 9.17) is 9.15 Å². The van der Waals surface area contributed by atoms with E-state index >= 15 is 0 Å². The van der Waals surface area contributed by atoms with Crippen LogP contribution >= 0.6 is 11.8 Å². The monoisotopic (exact) mass is 419 g/mol. The third kappa shape index (κ3) is 4.42. The van der Waals surface area contributed by atoms with Gasteiger partial charge in [-0.3, -0.25) is 4.79 Å². The number of carbonyl (C=O) groups excluding carboxylic acids is 1. The summed E-state index contributed by atoms with van der Waals surface area (Å²) in [5.41, 5.74) is 2.60. The summed E-state index contributed by atoms with van der Waals surface area (Å²) >= 11 is 1.52. The molecule has 0 unspecified atom stereocenters. The van der Waals surface area contributed by atoms with Crippen molar-refractivity contribution >= 4 is 34.6 Å². The van der Waals surface area contributed by atoms with E-state index in [1.54, 1.807) is 19.9 Å². The highest BCUT2D eigenvalue weighted by Gasteiger charge is 2.25. The molecule has 0 aliphatic heterocycles. The number of nitrogens with one attached hydrogen (secondary N) is 1. The molecular formula is C21H25NO6S. The molecule has 1 aliphatic carbocycles. The van der Waals surface area contributed by atoms with Crippen molar-refractivity contribution in [3.05, 3.63) is 39.2 Å². The highest BCUT2D eigenvalue weighted by Crippen LogP contribution is 2.33. The largest absolute Gasteiger partial charge is 0.480 e. The number of carbonyl (C=O) groups is 2. The maximum absolute atomic E-state index is 12.4. The zero-order chi connectivity index (χ0) is 21.1. The smallest absolute Gasteiger partial charge is 0.339 e. The Morgan fingerprint density at radius 1 is 1.31 bits per heavy atom. The van der Waals surface area contributed by atoms with Gasteiger partial charge in [0.25, 0.3) is 5.91 Å². The Labute approximate surface area is 172 Å². The zero-order valence-electron chi connectivity index (χ0n) is 16.7. The summed E-state index contributed by atoms with van der Waals surface area (Å²) in [5.74, 6) is -0.526. The SMILES string of the molecule is CSCC[C@H](NC(=O)[C@H](C)Oc1ccc2c3c(c(=O)oc2c1C)CCC3)C(=O)O. The average molecular weight is 419 g/mol. The summed E-state index contributed by atoms with van der Waals surface area (Å²) in [7, 11) is 0. The van der Waals surface area contributed by atoms with Crippen molar-refractivity contribution in [1.29, 1.82) is 0 Å². The van der Waals surface area contributed by atoms with Gasteiger partial charge < -0.3 is 19.6 Å². The van der Waals surface area contributed by atoms with Gasteiger partial charge in [-0.15, -0.1) is 0 Å². The Hall–Kier alpha value is -2.48. The summed E-state index contributed by atoms with van der Waals surface area (Å²) in [6.45, 7) is 3.34.